The Morgan fingerprint density at radius 3 is 2.28 bits per heavy atom. The van der Waals surface area contributed by atoms with Gasteiger partial charge in [0.15, 0.2) is 5.41 Å². The molecule has 5 heteroatoms. The van der Waals surface area contributed by atoms with Crippen molar-refractivity contribution in [3.63, 3.8) is 0 Å². The maximum Gasteiger partial charge on any atom is 0.328 e. The van der Waals surface area contributed by atoms with Gasteiger partial charge in [0, 0.05) is 0 Å². The van der Waals surface area contributed by atoms with Crippen LogP contribution in [0.2, 0.25) is 0 Å². The van der Waals surface area contributed by atoms with E-state index in [1.54, 1.807) is 44.5 Å². The first-order valence-electron chi connectivity index (χ1n) is 5.80. The molecule has 1 aromatic rings. The van der Waals surface area contributed by atoms with E-state index in [2.05, 4.69) is 0 Å². The number of carbonyl (C=O) groups excluding carboxylic acids is 1. The summed E-state index contributed by atoms with van der Waals surface area (Å²) >= 11 is 1.37. The fourth-order valence-electron chi connectivity index (χ4n) is 1.94. The second kappa shape index (κ2) is 5.52. The van der Waals surface area contributed by atoms with Crippen molar-refractivity contribution in [1.82, 2.24) is 0 Å². The molecule has 0 aliphatic rings. The minimum absolute atomic E-state index is 0.339. The third-order valence-corrected chi connectivity index (χ3v) is 3.53. The molecule has 0 aliphatic heterocycles. The van der Waals surface area contributed by atoms with Gasteiger partial charge in [-0.1, -0.05) is 13.8 Å². The summed E-state index contributed by atoms with van der Waals surface area (Å²) in [5, 5.41) is 13.0. The van der Waals surface area contributed by atoms with Gasteiger partial charge in [-0.15, -0.1) is 0 Å². The number of carboxylic acid groups (broad SMARTS) is 1. The predicted molar refractivity (Wildman–Crippen MR) is 69.7 cm³/mol. The smallest absolute Gasteiger partial charge is 0.328 e. The van der Waals surface area contributed by atoms with Crippen molar-refractivity contribution in [2.45, 2.75) is 39.2 Å². The van der Waals surface area contributed by atoms with Gasteiger partial charge in [0.2, 0.25) is 0 Å². The second-order valence-corrected chi connectivity index (χ2v) is 5.51. The highest BCUT2D eigenvalue weighted by molar-refractivity contribution is 7.08. The van der Waals surface area contributed by atoms with E-state index < -0.39 is 23.3 Å². The summed E-state index contributed by atoms with van der Waals surface area (Å²) in [5.74, 6) is -2.25. The molecule has 18 heavy (non-hydrogen) atoms. The van der Waals surface area contributed by atoms with Crippen LogP contribution in [0.15, 0.2) is 16.8 Å². The molecule has 0 amide bonds. The molecule has 0 aliphatic carbocycles. The fraction of sp³-hybridized carbons (Fsp3) is 0.538. The molecule has 1 heterocycles. The van der Waals surface area contributed by atoms with Crippen LogP contribution in [-0.2, 0) is 19.7 Å². The third kappa shape index (κ3) is 2.41. The number of rotatable bonds is 5. The molecule has 1 atom stereocenters. The topological polar surface area (TPSA) is 63.6 Å². The molecule has 0 fully saturated rings. The van der Waals surface area contributed by atoms with Gasteiger partial charge in [0.1, 0.15) is 0 Å². The minimum Gasteiger partial charge on any atom is -0.480 e. The maximum absolute atomic E-state index is 12.3. The SMILES string of the molecule is CC(C)OC(=O)C(C(=O)O)(c1ccsc1)C(C)C. The number of esters is 1. The molecule has 0 saturated heterocycles. The van der Waals surface area contributed by atoms with E-state index in [1.807, 2.05) is 0 Å². The van der Waals surface area contributed by atoms with Crippen molar-refractivity contribution in [1.29, 1.82) is 0 Å². The van der Waals surface area contributed by atoms with Crippen molar-refractivity contribution in [2.75, 3.05) is 0 Å². The van der Waals surface area contributed by atoms with E-state index >= 15 is 0 Å². The van der Waals surface area contributed by atoms with Crippen LogP contribution in [0.4, 0.5) is 0 Å². The zero-order valence-electron chi connectivity index (χ0n) is 11.0. The Morgan fingerprint density at radius 2 is 1.94 bits per heavy atom. The molecule has 0 bridgehead atoms. The molecular formula is C13H18O4S. The van der Waals surface area contributed by atoms with Crippen LogP contribution < -0.4 is 0 Å². The van der Waals surface area contributed by atoms with Gasteiger partial charge in [-0.25, -0.2) is 0 Å². The average Bonchev–Trinajstić information content (AvgIpc) is 2.69. The zero-order chi connectivity index (χ0) is 13.9. The van der Waals surface area contributed by atoms with Gasteiger partial charge in [-0.3, -0.25) is 9.59 Å². The Hall–Kier alpha value is -1.36. The van der Waals surface area contributed by atoms with E-state index in [-0.39, 0.29) is 6.10 Å². The first kappa shape index (κ1) is 14.7. The lowest BCUT2D eigenvalue weighted by Gasteiger charge is -2.31. The molecule has 0 aromatic carbocycles. The number of hydrogen-bond acceptors (Lipinski definition) is 4. The Bertz CT molecular complexity index is 422. The molecular weight excluding hydrogens is 252 g/mol. The van der Waals surface area contributed by atoms with Crippen molar-refractivity contribution in [2.24, 2.45) is 5.92 Å². The normalized spacial score (nSPS) is 14.6. The standard InChI is InChI=1S/C13H18O4S/c1-8(2)13(11(14)15,10-5-6-18-7-10)12(16)17-9(3)4/h5-9H,1-4H3,(H,14,15). The predicted octanol–water partition coefficient (Wildman–Crippen LogP) is 2.68. The lowest BCUT2D eigenvalue weighted by molar-refractivity contribution is -0.167. The van der Waals surface area contributed by atoms with Gasteiger partial charge in [0.05, 0.1) is 6.10 Å². The molecule has 1 unspecified atom stereocenters. The monoisotopic (exact) mass is 270 g/mol. The fourth-order valence-corrected chi connectivity index (χ4v) is 2.66. The highest BCUT2D eigenvalue weighted by atomic mass is 32.1. The van der Waals surface area contributed by atoms with Gasteiger partial charge < -0.3 is 9.84 Å². The Balaban J connectivity index is 3.32. The lowest BCUT2D eigenvalue weighted by atomic mass is 9.72. The number of hydrogen-bond donors (Lipinski definition) is 1. The van der Waals surface area contributed by atoms with Crippen molar-refractivity contribution in [3.8, 4) is 0 Å². The third-order valence-electron chi connectivity index (χ3n) is 2.84. The van der Waals surface area contributed by atoms with Crippen LogP contribution in [0, 0.1) is 5.92 Å². The summed E-state index contributed by atoms with van der Waals surface area (Å²) in [7, 11) is 0. The van der Waals surface area contributed by atoms with E-state index in [1.165, 1.54) is 11.3 Å². The summed E-state index contributed by atoms with van der Waals surface area (Å²) in [6.07, 6.45) is -0.339. The van der Waals surface area contributed by atoms with E-state index in [4.69, 9.17) is 4.74 Å². The lowest BCUT2D eigenvalue weighted by Crippen LogP contribution is -2.49. The van der Waals surface area contributed by atoms with Gasteiger partial charge >= 0.3 is 11.9 Å². The largest absolute Gasteiger partial charge is 0.480 e. The highest BCUT2D eigenvalue weighted by Crippen LogP contribution is 2.36. The molecule has 4 nitrogen and oxygen atoms in total. The average molecular weight is 270 g/mol. The van der Waals surface area contributed by atoms with Crippen molar-refractivity contribution >= 4 is 23.3 Å². The molecule has 0 radical (unpaired) electrons. The molecule has 0 spiro atoms. The van der Waals surface area contributed by atoms with Crippen molar-refractivity contribution in [3.05, 3.63) is 22.4 Å². The van der Waals surface area contributed by atoms with Crippen LogP contribution in [0.1, 0.15) is 33.3 Å². The van der Waals surface area contributed by atoms with E-state index in [9.17, 15) is 14.7 Å². The quantitative estimate of drug-likeness (QED) is 0.660. The summed E-state index contributed by atoms with van der Waals surface area (Å²) < 4.78 is 5.15. The molecule has 1 N–H and O–H groups in total. The van der Waals surface area contributed by atoms with Gasteiger partial charge in [-0.2, -0.15) is 11.3 Å². The first-order valence-corrected chi connectivity index (χ1v) is 6.74. The van der Waals surface area contributed by atoms with Crippen LogP contribution in [0.25, 0.3) is 0 Å². The number of carbonyl (C=O) groups is 2. The summed E-state index contributed by atoms with van der Waals surface area (Å²) in [6.45, 7) is 6.84. The van der Waals surface area contributed by atoms with Crippen LogP contribution >= 0.6 is 11.3 Å². The first-order chi connectivity index (χ1) is 8.33. The highest BCUT2D eigenvalue weighted by Gasteiger charge is 2.52. The van der Waals surface area contributed by atoms with Crippen molar-refractivity contribution < 1.29 is 19.4 Å². The molecule has 1 aromatic heterocycles. The maximum atomic E-state index is 12.3. The number of carboxylic acids is 1. The summed E-state index contributed by atoms with van der Waals surface area (Å²) in [6, 6.07) is 1.67. The minimum atomic E-state index is -1.62. The molecule has 100 valence electrons. The number of aliphatic carboxylic acids is 1. The van der Waals surface area contributed by atoms with E-state index in [0.29, 0.717) is 5.56 Å². The van der Waals surface area contributed by atoms with Crippen LogP contribution in [0.3, 0.4) is 0 Å². The van der Waals surface area contributed by atoms with Gasteiger partial charge in [0.25, 0.3) is 0 Å². The summed E-state index contributed by atoms with van der Waals surface area (Å²) in [5.41, 5.74) is -1.13. The van der Waals surface area contributed by atoms with Gasteiger partial charge in [-0.05, 0) is 42.2 Å². The second-order valence-electron chi connectivity index (χ2n) is 4.73. The Labute approximate surface area is 111 Å². The molecule has 0 saturated carbocycles. The van der Waals surface area contributed by atoms with E-state index in [0.717, 1.165) is 0 Å². The molecule has 1 rings (SSSR count). The Morgan fingerprint density at radius 1 is 1.33 bits per heavy atom. The van der Waals surface area contributed by atoms with Crippen LogP contribution in [0.5, 0.6) is 0 Å². The number of ether oxygens (including phenoxy) is 1. The van der Waals surface area contributed by atoms with Crippen LogP contribution in [-0.4, -0.2) is 23.1 Å². The summed E-state index contributed by atoms with van der Waals surface area (Å²) in [4.78, 5) is 23.9. The number of thiophene rings is 1. The Kier molecular flexibility index (Phi) is 4.51. The zero-order valence-corrected chi connectivity index (χ0v) is 11.8.